The lowest BCUT2D eigenvalue weighted by molar-refractivity contribution is -0.385. The summed E-state index contributed by atoms with van der Waals surface area (Å²) < 4.78 is 20.5. The van der Waals surface area contributed by atoms with Crippen LogP contribution in [0.25, 0.3) is 0 Å². The summed E-state index contributed by atoms with van der Waals surface area (Å²) in [7, 11) is 1.32. The van der Waals surface area contributed by atoms with E-state index in [1.54, 1.807) is 26.0 Å². The Bertz CT molecular complexity index is 1280. The Morgan fingerprint density at radius 1 is 1.26 bits per heavy atom. The number of aliphatic hydroxyl groups excluding tert-OH is 1. The molecule has 1 aromatic carbocycles. The summed E-state index contributed by atoms with van der Waals surface area (Å²) in [4.78, 5) is 42.8. The Morgan fingerprint density at radius 2 is 1.94 bits per heavy atom. The minimum atomic E-state index is -0.971. The number of aliphatic imine (C=N–C) groups is 1. The van der Waals surface area contributed by atoms with Crippen molar-refractivity contribution in [1.82, 2.24) is 10.6 Å². The number of amides is 3. The van der Waals surface area contributed by atoms with Gasteiger partial charge in [-0.25, -0.2) is 14.2 Å². The van der Waals surface area contributed by atoms with Gasteiger partial charge in [0.1, 0.15) is 5.82 Å². The molecule has 0 saturated carbocycles. The highest BCUT2D eigenvalue weighted by atomic mass is 19.1. The second-order valence-corrected chi connectivity index (χ2v) is 9.01. The van der Waals surface area contributed by atoms with Crippen molar-refractivity contribution < 1.29 is 33.2 Å². The van der Waals surface area contributed by atoms with Crippen molar-refractivity contribution in [2.75, 3.05) is 13.6 Å². The van der Waals surface area contributed by atoms with Crippen molar-refractivity contribution >= 4 is 29.1 Å². The van der Waals surface area contributed by atoms with Gasteiger partial charge in [-0.2, -0.15) is 0 Å². The van der Waals surface area contributed by atoms with Crippen LogP contribution in [0.15, 0.2) is 64.3 Å². The van der Waals surface area contributed by atoms with E-state index in [2.05, 4.69) is 15.6 Å². The second kappa shape index (κ2) is 8.91. The van der Waals surface area contributed by atoms with Gasteiger partial charge < -0.3 is 26.2 Å². The molecule has 0 radical (unpaired) electrons. The number of nitrogens with zero attached hydrogens (tertiary/aromatic N) is 2. The van der Waals surface area contributed by atoms with E-state index in [-0.39, 0.29) is 36.0 Å². The van der Waals surface area contributed by atoms with E-state index in [4.69, 9.17) is 10.5 Å². The Balaban J connectivity index is 1.79. The number of allylic oxidation sites excluding steroid dienone is 1. The molecular weight excluding hydrogens is 457 g/mol. The van der Waals surface area contributed by atoms with Gasteiger partial charge in [-0.05, 0) is 38.0 Å². The predicted octanol–water partition coefficient (Wildman–Crippen LogP) is 0.352. The quantitative estimate of drug-likeness (QED) is 0.340. The van der Waals surface area contributed by atoms with Crippen LogP contribution in [0, 0.1) is 5.82 Å². The number of halogens is 1. The van der Waals surface area contributed by atoms with Crippen LogP contribution < -0.4 is 16.4 Å². The van der Waals surface area contributed by atoms with E-state index in [1.165, 1.54) is 31.6 Å². The Kier molecular flexibility index (Phi) is 6.12. The van der Waals surface area contributed by atoms with E-state index in [0.717, 1.165) is 10.1 Å². The van der Waals surface area contributed by atoms with Gasteiger partial charge in [-0.3, -0.25) is 9.59 Å². The molecule has 11 heteroatoms. The first-order chi connectivity index (χ1) is 16.5. The van der Waals surface area contributed by atoms with Gasteiger partial charge in [0.05, 0.1) is 0 Å². The maximum absolute atomic E-state index is 13.4. The Hall–Kier alpha value is -4.12. The number of nitrogens with one attached hydrogen (secondary N) is 2. The molecule has 0 aromatic heterocycles. The second-order valence-electron chi connectivity index (χ2n) is 9.01. The number of hydrogen-bond donors (Lipinski definition) is 4. The number of hydrogen-bond acceptors (Lipinski definition) is 7. The smallest absolute Gasteiger partial charge is 0.434 e. The number of benzene rings is 1. The first-order valence-electron chi connectivity index (χ1n) is 10.8. The normalized spacial score (nSPS) is 19.3. The van der Waals surface area contributed by atoms with Gasteiger partial charge in [-0.15, -0.1) is 4.58 Å². The fraction of sp³-hybridized carbons (Fsp3) is 0.292. The van der Waals surface area contributed by atoms with Crippen LogP contribution in [0.2, 0.25) is 0 Å². The van der Waals surface area contributed by atoms with Crippen molar-refractivity contribution in [2.24, 2.45) is 10.7 Å². The number of rotatable bonds is 6. The first-order valence-corrected chi connectivity index (χ1v) is 10.8. The molecule has 0 aliphatic carbocycles. The summed E-state index contributed by atoms with van der Waals surface area (Å²) >= 11 is 0. The molecule has 0 bridgehead atoms. The van der Waals surface area contributed by atoms with Gasteiger partial charge in [0.2, 0.25) is 12.3 Å². The van der Waals surface area contributed by atoms with E-state index in [9.17, 15) is 23.9 Å². The molecule has 35 heavy (non-hydrogen) atoms. The van der Waals surface area contributed by atoms with Crippen LogP contribution in [-0.2, 0) is 25.5 Å². The molecular formula is C24H25FN5O5+. The summed E-state index contributed by atoms with van der Waals surface area (Å²) in [5, 5.41) is 15.7. The van der Waals surface area contributed by atoms with Crippen molar-refractivity contribution in [3.8, 4) is 0 Å². The molecule has 3 aliphatic heterocycles. The molecule has 10 nitrogen and oxygen atoms in total. The number of nitrogens with two attached hydrogens (primary N) is 1. The average molecular weight is 482 g/mol. The molecule has 0 spiro atoms. The summed E-state index contributed by atoms with van der Waals surface area (Å²) in [5.74, 6) is -3.40. The van der Waals surface area contributed by atoms with E-state index in [0.29, 0.717) is 5.57 Å². The maximum Gasteiger partial charge on any atom is 0.434 e. The SMILES string of the molecule is CNC(=O)C1=C(O)C2=NC=C(Cc3ccc(F)cc3)C3OC(C(=O)NCC(C)(C)N)=C[N+](=C23)C1=O. The monoisotopic (exact) mass is 482 g/mol. The molecule has 1 atom stereocenters. The number of likely N-dealkylation sites (N-methyl/N-ethyl adjacent to an activating group) is 1. The molecule has 0 fully saturated rings. The van der Waals surface area contributed by atoms with Gasteiger partial charge >= 0.3 is 5.91 Å². The molecule has 0 saturated heterocycles. The molecule has 1 unspecified atom stereocenters. The standard InChI is InChI=1S/C24H24FN5O5/c1-24(2,26)11-29-21(32)15-10-30-18-17(19(31)16(23(30)34)22(33)27-3)28-9-13(20(18)35-15)8-12-4-6-14(25)7-5-12/h4-7,9-10,20H,8,11,26H2,1-3H3,(H2-,27,29,31,32,33,34)/p+1. The van der Waals surface area contributed by atoms with Gasteiger partial charge in [0.25, 0.3) is 23.3 Å². The third kappa shape index (κ3) is 4.62. The zero-order chi connectivity index (χ0) is 25.5. The highest BCUT2D eigenvalue weighted by Gasteiger charge is 2.52. The molecule has 182 valence electrons. The van der Waals surface area contributed by atoms with Crippen LogP contribution in [0.5, 0.6) is 0 Å². The number of carbonyl (C=O) groups is 3. The van der Waals surface area contributed by atoms with E-state index < -0.39 is 40.7 Å². The Morgan fingerprint density at radius 3 is 2.57 bits per heavy atom. The fourth-order valence-corrected chi connectivity index (χ4v) is 3.80. The van der Waals surface area contributed by atoms with Crippen molar-refractivity contribution in [1.29, 1.82) is 0 Å². The molecule has 4 rings (SSSR count). The van der Waals surface area contributed by atoms with Crippen molar-refractivity contribution in [3.05, 3.63) is 70.7 Å². The highest BCUT2D eigenvalue weighted by Crippen LogP contribution is 2.30. The minimum Gasteiger partial charge on any atom is -0.504 e. The fourth-order valence-electron chi connectivity index (χ4n) is 3.80. The Labute approximate surface area is 200 Å². The van der Waals surface area contributed by atoms with Crippen LogP contribution in [0.1, 0.15) is 19.4 Å². The summed E-state index contributed by atoms with van der Waals surface area (Å²) in [6.07, 6.45) is 1.91. The molecule has 3 aliphatic rings. The number of carbonyl (C=O) groups excluding carboxylic acids is 3. The molecule has 3 amide bonds. The molecule has 1 aromatic rings. The highest BCUT2D eigenvalue weighted by molar-refractivity contribution is 6.52. The summed E-state index contributed by atoms with van der Waals surface area (Å²) in [5.41, 5.74) is 6.20. The van der Waals surface area contributed by atoms with Crippen molar-refractivity contribution in [2.45, 2.75) is 31.9 Å². The maximum atomic E-state index is 13.4. The summed E-state index contributed by atoms with van der Waals surface area (Å²) in [6, 6.07) is 5.83. The van der Waals surface area contributed by atoms with Gasteiger partial charge in [0.15, 0.2) is 17.0 Å². The topological polar surface area (TPSA) is 146 Å². The zero-order valence-electron chi connectivity index (χ0n) is 19.4. The predicted molar refractivity (Wildman–Crippen MR) is 124 cm³/mol. The lowest BCUT2D eigenvalue weighted by Gasteiger charge is -2.30. The van der Waals surface area contributed by atoms with Crippen LogP contribution >= 0.6 is 0 Å². The van der Waals surface area contributed by atoms with E-state index >= 15 is 0 Å². The number of ether oxygens (including phenoxy) is 1. The first kappa shape index (κ1) is 24.0. The largest absolute Gasteiger partial charge is 0.504 e. The molecule has 5 N–H and O–H groups in total. The summed E-state index contributed by atoms with van der Waals surface area (Å²) in [6.45, 7) is 3.61. The third-order valence-corrected chi connectivity index (χ3v) is 5.54. The van der Waals surface area contributed by atoms with Crippen LogP contribution in [0.3, 0.4) is 0 Å². The molecule has 3 heterocycles. The number of aliphatic hydroxyl groups is 1. The zero-order valence-corrected chi connectivity index (χ0v) is 19.4. The minimum absolute atomic E-state index is 0.0187. The lowest BCUT2D eigenvalue weighted by Crippen LogP contribution is -2.52. The van der Waals surface area contributed by atoms with Gasteiger partial charge in [-0.1, -0.05) is 12.1 Å². The lowest BCUT2D eigenvalue weighted by atomic mass is 9.89. The average Bonchev–Trinajstić information content (AvgIpc) is 2.82. The van der Waals surface area contributed by atoms with Crippen LogP contribution in [-0.4, -0.2) is 64.1 Å². The van der Waals surface area contributed by atoms with Gasteiger partial charge in [0, 0.05) is 30.9 Å². The van der Waals surface area contributed by atoms with Crippen LogP contribution in [0.4, 0.5) is 4.39 Å². The third-order valence-electron chi connectivity index (χ3n) is 5.54. The van der Waals surface area contributed by atoms with Crippen molar-refractivity contribution in [3.63, 3.8) is 0 Å². The van der Waals surface area contributed by atoms with E-state index in [1.807, 2.05) is 0 Å².